The van der Waals surface area contributed by atoms with Crippen LogP contribution in [0.3, 0.4) is 0 Å². The van der Waals surface area contributed by atoms with Crippen molar-refractivity contribution in [3.63, 3.8) is 0 Å². The molecule has 0 saturated heterocycles. The second kappa shape index (κ2) is 6.23. The molecule has 0 unspecified atom stereocenters. The fraction of sp³-hybridized carbons (Fsp3) is 0.538. The first kappa shape index (κ1) is 17.3. The summed E-state index contributed by atoms with van der Waals surface area (Å²) in [4.78, 5) is -0.0382. The molecule has 6 nitrogen and oxygen atoms in total. The van der Waals surface area contributed by atoms with Gasteiger partial charge in [-0.25, -0.2) is 25.9 Å². The first-order valence-electron chi connectivity index (χ1n) is 6.84. The summed E-state index contributed by atoms with van der Waals surface area (Å²) in [6.07, 6.45) is 2.72. The monoisotopic (exact) mass is 350 g/mol. The number of nitrogens with one attached hydrogen (secondary N) is 1. The largest absolute Gasteiger partial charge is 0.240 e. The maximum Gasteiger partial charge on any atom is 0.240 e. The normalized spacial score (nSPS) is 16.2. The van der Waals surface area contributed by atoms with Crippen LogP contribution in [0.1, 0.15) is 18.4 Å². The molecule has 22 heavy (non-hydrogen) atoms. The summed E-state index contributed by atoms with van der Waals surface area (Å²) in [7, 11) is -7.13. The van der Waals surface area contributed by atoms with Crippen LogP contribution in [0.15, 0.2) is 23.1 Å². The lowest BCUT2D eigenvalue weighted by Gasteiger charge is -2.19. The number of hydrogen-bond donors (Lipinski definition) is 1. The van der Waals surface area contributed by atoms with Crippen molar-refractivity contribution < 1.29 is 21.2 Å². The van der Waals surface area contributed by atoms with E-state index in [1.807, 2.05) is 0 Å². The lowest BCUT2D eigenvalue weighted by Crippen LogP contribution is -2.39. The minimum Gasteiger partial charge on any atom is -0.212 e. The molecule has 1 aliphatic carbocycles. The molecule has 1 aromatic rings. The van der Waals surface area contributed by atoms with Gasteiger partial charge in [0.2, 0.25) is 20.0 Å². The molecule has 1 fully saturated rings. The average Bonchev–Trinajstić information content (AvgIpc) is 3.20. The quantitative estimate of drug-likeness (QED) is 0.790. The number of sulfonamides is 2. The third kappa shape index (κ3) is 4.25. The highest BCUT2D eigenvalue weighted by molar-refractivity contribution is 7.89. The molecule has 0 aromatic heterocycles. The first-order chi connectivity index (χ1) is 10.1. The Morgan fingerprint density at radius 3 is 2.41 bits per heavy atom. The van der Waals surface area contributed by atoms with Crippen molar-refractivity contribution in [3.8, 4) is 0 Å². The van der Waals surface area contributed by atoms with Gasteiger partial charge in [0.1, 0.15) is 5.82 Å². The standard InChI is InChI=1S/C13H19FN2O4S2/c1-10-9-12(5-6-13(10)14)22(19,20)15-7-8-16(11-3-4-11)21(2,17)18/h5-6,9,11,15H,3-4,7-8H2,1-2H3. The van der Waals surface area contributed by atoms with Gasteiger partial charge >= 0.3 is 0 Å². The third-order valence-electron chi connectivity index (χ3n) is 3.44. The van der Waals surface area contributed by atoms with Crippen LogP contribution >= 0.6 is 0 Å². The molecular formula is C13H19FN2O4S2. The molecule has 0 atom stereocenters. The predicted molar refractivity (Wildman–Crippen MR) is 80.9 cm³/mol. The third-order valence-corrected chi connectivity index (χ3v) is 6.24. The summed E-state index contributed by atoms with van der Waals surface area (Å²) in [5.74, 6) is -0.476. The first-order valence-corrected chi connectivity index (χ1v) is 10.2. The van der Waals surface area contributed by atoms with Crippen molar-refractivity contribution in [2.24, 2.45) is 0 Å². The van der Waals surface area contributed by atoms with E-state index < -0.39 is 25.9 Å². The summed E-state index contributed by atoms with van der Waals surface area (Å²) < 4.78 is 64.3. The van der Waals surface area contributed by atoms with E-state index in [0.717, 1.165) is 25.2 Å². The molecule has 0 heterocycles. The van der Waals surface area contributed by atoms with Gasteiger partial charge in [0, 0.05) is 19.1 Å². The van der Waals surface area contributed by atoms with Crippen molar-refractivity contribution in [2.75, 3.05) is 19.3 Å². The van der Waals surface area contributed by atoms with Crippen LogP contribution in [0.5, 0.6) is 0 Å². The maximum absolute atomic E-state index is 13.2. The van der Waals surface area contributed by atoms with E-state index in [9.17, 15) is 21.2 Å². The van der Waals surface area contributed by atoms with E-state index in [1.165, 1.54) is 23.4 Å². The molecule has 0 spiro atoms. The molecule has 1 N–H and O–H groups in total. The number of nitrogens with zero attached hydrogens (tertiary/aromatic N) is 1. The molecule has 0 bridgehead atoms. The minimum absolute atomic E-state index is 0.0208. The van der Waals surface area contributed by atoms with Crippen molar-refractivity contribution in [1.82, 2.24) is 9.03 Å². The number of benzene rings is 1. The Bertz CT molecular complexity index is 758. The molecule has 124 valence electrons. The van der Waals surface area contributed by atoms with Crippen LogP contribution in [-0.2, 0) is 20.0 Å². The second-order valence-corrected chi connectivity index (χ2v) is 9.12. The van der Waals surface area contributed by atoms with Crippen LogP contribution in [-0.4, -0.2) is 46.5 Å². The van der Waals surface area contributed by atoms with Gasteiger partial charge in [0.05, 0.1) is 11.2 Å². The molecule has 1 saturated carbocycles. The highest BCUT2D eigenvalue weighted by Gasteiger charge is 2.34. The highest BCUT2D eigenvalue weighted by atomic mass is 32.2. The van der Waals surface area contributed by atoms with Crippen LogP contribution < -0.4 is 4.72 Å². The number of aryl methyl sites for hydroxylation is 1. The van der Waals surface area contributed by atoms with Crippen LogP contribution in [0.4, 0.5) is 4.39 Å². The maximum atomic E-state index is 13.2. The number of hydrogen-bond acceptors (Lipinski definition) is 4. The molecule has 1 aliphatic rings. The number of halogens is 1. The predicted octanol–water partition coefficient (Wildman–Crippen LogP) is 0.836. The summed E-state index contributed by atoms with van der Waals surface area (Å²) in [5.41, 5.74) is 0.235. The lowest BCUT2D eigenvalue weighted by molar-refractivity contribution is 0.410. The van der Waals surface area contributed by atoms with Gasteiger partial charge < -0.3 is 0 Å². The Kier molecular flexibility index (Phi) is 4.90. The Hall–Kier alpha value is -1.03. The molecule has 0 amide bonds. The van der Waals surface area contributed by atoms with E-state index in [2.05, 4.69) is 4.72 Å². The smallest absolute Gasteiger partial charge is 0.212 e. The van der Waals surface area contributed by atoms with Gasteiger partial charge in [-0.3, -0.25) is 0 Å². The molecule has 2 rings (SSSR count). The van der Waals surface area contributed by atoms with Crippen molar-refractivity contribution in [1.29, 1.82) is 0 Å². The Morgan fingerprint density at radius 1 is 1.27 bits per heavy atom. The van der Waals surface area contributed by atoms with Crippen molar-refractivity contribution in [2.45, 2.75) is 30.7 Å². The van der Waals surface area contributed by atoms with E-state index >= 15 is 0 Å². The summed E-state index contributed by atoms with van der Waals surface area (Å²) in [6.45, 7) is 1.54. The molecule has 0 aliphatic heterocycles. The zero-order chi connectivity index (χ0) is 16.5. The fourth-order valence-electron chi connectivity index (χ4n) is 2.14. The van der Waals surface area contributed by atoms with Crippen molar-refractivity contribution in [3.05, 3.63) is 29.6 Å². The van der Waals surface area contributed by atoms with E-state index in [4.69, 9.17) is 0 Å². The van der Waals surface area contributed by atoms with Crippen LogP contribution in [0.2, 0.25) is 0 Å². The van der Waals surface area contributed by atoms with E-state index in [1.54, 1.807) is 0 Å². The highest BCUT2D eigenvalue weighted by Crippen LogP contribution is 2.28. The molecular weight excluding hydrogens is 331 g/mol. The summed E-state index contributed by atoms with van der Waals surface area (Å²) in [5, 5.41) is 0. The van der Waals surface area contributed by atoms with E-state index in [0.29, 0.717) is 0 Å². The molecule has 1 aromatic carbocycles. The SMILES string of the molecule is Cc1cc(S(=O)(=O)NCCN(C2CC2)S(C)(=O)=O)ccc1F. The van der Waals surface area contributed by atoms with Crippen LogP contribution in [0, 0.1) is 12.7 Å². The van der Waals surface area contributed by atoms with Gasteiger partial charge in [-0.2, -0.15) is 4.31 Å². The van der Waals surface area contributed by atoms with Gasteiger partial charge in [0.25, 0.3) is 0 Å². The van der Waals surface area contributed by atoms with Gasteiger partial charge in [-0.1, -0.05) is 0 Å². The minimum atomic E-state index is -3.78. The Morgan fingerprint density at radius 2 is 1.91 bits per heavy atom. The number of rotatable bonds is 7. The van der Waals surface area contributed by atoms with Crippen LogP contribution in [0.25, 0.3) is 0 Å². The summed E-state index contributed by atoms with van der Waals surface area (Å²) in [6, 6.07) is 3.50. The topological polar surface area (TPSA) is 83.6 Å². The zero-order valence-corrected chi connectivity index (χ0v) is 14.0. The zero-order valence-electron chi connectivity index (χ0n) is 12.4. The van der Waals surface area contributed by atoms with E-state index in [-0.39, 0.29) is 29.6 Å². The molecule has 9 heteroatoms. The average molecular weight is 350 g/mol. The Labute approximate surface area is 130 Å². The Balaban J connectivity index is 2.02. The summed E-state index contributed by atoms with van der Waals surface area (Å²) >= 11 is 0. The second-order valence-electron chi connectivity index (χ2n) is 5.41. The molecule has 0 radical (unpaired) electrons. The van der Waals surface area contributed by atoms with Gasteiger partial charge in [-0.15, -0.1) is 0 Å². The van der Waals surface area contributed by atoms with Crippen molar-refractivity contribution >= 4 is 20.0 Å². The van der Waals surface area contributed by atoms with Gasteiger partial charge in [-0.05, 0) is 43.5 Å². The van der Waals surface area contributed by atoms with Gasteiger partial charge in [0.15, 0.2) is 0 Å². The lowest BCUT2D eigenvalue weighted by atomic mass is 10.2. The fourth-order valence-corrected chi connectivity index (χ4v) is 4.42.